The molecule has 1 heterocycles. The molecule has 1 N–H and O–H groups in total. The molecule has 1 aliphatic heterocycles. The summed E-state index contributed by atoms with van der Waals surface area (Å²) >= 11 is 0. The Bertz CT molecular complexity index is 323. The number of nitrogens with zero attached hydrogens (tertiary/aromatic N) is 1. The summed E-state index contributed by atoms with van der Waals surface area (Å²) in [5.74, 6) is 0. The zero-order valence-corrected chi connectivity index (χ0v) is 12.9. The minimum absolute atomic E-state index is 0.327. The normalized spacial score (nSPS) is 37.4. The van der Waals surface area contributed by atoms with Crippen LogP contribution in [0.2, 0.25) is 0 Å². The van der Waals surface area contributed by atoms with E-state index in [1.807, 2.05) is 0 Å². The number of piperazine rings is 1. The average Bonchev–Trinajstić information content (AvgIpc) is 2.82. The lowest BCUT2D eigenvalue weighted by molar-refractivity contribution is -0.156. The molecule has 3 heteroatoms. The van der Waals surface area contributed by atoms with Crippen molar-refractivity contribution in [3.05, 3.63) is 0 Å². The number of nitrogens with one attached hydrogen (secondary N) is 1. The zero-order valence-electron chi connectivity index (χ0n) is 12.9. The summed E-state index contributed by atoms with van der Waals surface area (Å²) in [6.45, 7) is 11.4. The lowest BCUT2D eigenvalue weighted by Gasteiger charge is -2.58. The van der Waals surface area contributed by atoms with Crippen molar-refractivity contribution < 1.29 is 4.74 Å². The van der Waals surface area contributed by atoms with E-state index in [2.05, 4.69) is 31.0 Å². The van der Waals surface area contributed by atoms with Crippen molar-refractivity contribution in [2.75, 3.05) is 26.2 Å². The SMILES string of the molecule is CCOC1CC(N2CCNC3(CCCC3)C2)C1(C)C. The second-order valence-electron chi connectivity index (χ2n) is 7.40. The van der Waals surface area contributed by atoms with Gasteiger partial charge in [-0.15, -0.1) is 0 Å². The third kappa shape index (κ3) is 2.34. The molecule has 3 rings (SSSR count). The highest BCUT2D eigenvalue weighted by atomic mass is 16.5. The molecule has 0 aromatic carbocycles. The molecule has 0 bridgehead atoms. The van der Waals surface area contributed by atoms with E-state index >= 15 is 0 Å². The predicted molar refractivity (Wildman–Crippen MR) is 78.4 cm³/mol. The molecule has 0 aromatic heterocycles. The minimum atomic E-state index is 0.327. The summed E-state index contributed by atoms with van der Waals surface area (Å²) < 4.78 is 5.89. The lowest BCUT2D eigenvalue weighted by atomic mass is 9.63. The largest absolute Gasteiger partial charge is 0.378 e. The van der Waals surface area contributed by atoms with Crippen LogP contribution in [0.1, 0.15) is 52.9 Å². The molecule has 3 fully saturated rings. The molecule has 2 atom stereocenters. The Balaban J connectivity index is 1.63. The Kier molecular flexibility index (Phi) is 3.65. The topological polar surface area (TPSA) is 24.5 Å². The van der Waals surface area contributed by atoms with Gasteiger partial charge in [0.05, 0.1) is 6.10 Å². The summed E-state index contributed by atoms with van der Waals surface area (Å²) in [7, 11) is 0. The number of hydrogen-bond acceptors (Lipinski definition) is 3. The maximum atomic E-state index is 5.89. The Labute approximate surface area is 118 Å². The van der Waals surface area contributed by atoms with Gasteiger partial charge in [-0.25, -0.2) is 0 Å². The Hall–Kier alpha value is -0.120. The summed E-state index contributed by atoms with van der Waals surface area (Å²) in [5, 5.41) is 3.82. The van der Waals surface area contributed by atoms with E-state index in [0.29, 0.717) is 17.1 Å². The van der Waals surface area contributed by atoms with Crippen molar-refractivity contribution in [2.24, 2.45) is 5.41 Å². The molecular weight excluding hydrogens is 236 g/mol. The smallest absolute Gasteiger partial charge is 0.0655 e. The molecule has 2 aliphatic carbocycles. The highest BCUT2D eigenvalue weighted by Crippen LogP contribution is 2.47. The van der Waals surface area contributed by atoms with Gasteiger partial charge in [0.25, 0.3) is 0 Å². The van der Waals surface area contributed by atoms with Gasteiger partial charge in [-0.3, -0.25) is 4.90 Å². The molecule has 19 heavy (non-hydrogen) atoms. The first kappa shape index (κ1) is 13.8. The van der Waals surface area contributed by atoms with Crippen LogP contribution in [0.15, 0.2) is 0 Å². The second-order valence-corrected chi connectivity index (χ2v) is 7.40. The first-order valence-electron chi connectivity index (χ1n) is 8.18. The van der Waals surface area contributed by atoms with Crippen LogP contribution in [-0.2, 0) is 4.74 Å². The maximum Gasteiger partial charge on any atom is 0.0655 e. The van der Waals surface area contributed by atoms with Gasteiger partial charge in [0.1, 0.15) is 0 Å². The fourth-order valence-corrected chi connectivity index (χ4v) is 4.61. The van der Waals surface area contributed by atoms with Crippen molar-refractivity contribution in [2.45, 2.75) is 70.6 Å². The van der Waals surface area contributed by atoms with E-state index in [0.717, 1.165) is 12.6 Å². The number of ether oxygens (including phenoxy) is 1. The Morgan fingerprint density at radius 2 is 2.00 bits per heavy atom. The summed E-state index contributed by atoms with van der Waals surface area (Å²) in [4.78, 5) is 2.76. The third-order valence-corrected chi connectivity index (χ3v) is 5.90. The van der Waals surface area contributed by atoms with Gasteiger partial charge >= 0.3 is 0 Å². The van der Waals surface area contributed by atoms with E-state index in [9.17, 15) is 0 Å². The predicted octanol–water partition coefficient (Wildman–Crippen LogP) is 2.41. The first-order valence-corrected chi connectivity index (χ1v) is 8.18. The quantitative estimate of drug-likeness (QED) is 0.849. The molecular formula is C16H30N2O. The molecule has 3 aliphatic rings. The molecule has 110 valence electrons. The number of rotatable bonds is 3. The number of hydrogen-bond donors (Lipinski definition) is 1. The molecule has 0 radical (unpaired) electrons. The van der Waals surface area contributed by atoms with E-state index in [1.165, 1.54) is 51.7 Å². The lowest BCUT2D eigenvalue weighted by Crippen LogP contribution is -2.69. The highest BCUT2D eigenvalue weighted by molar-refractivity contribution is 5.08. The summed E-state index contributed by atoms with van der Waals surface area (Å²) in [6.07, 6.45) is 7.29. The van der Waals surface area contributed by atoms with E-state index in [1.54, 1.807) is 0 Å². The van der Waals surface area contributed by atoms with Crippen LogP contribution >= 0.6 is 0 Å². The van der Waals surface area contributed by atoms with Crippen molar-refractivity contribution in [1.29, 1.82) is 0 Å². The molecule has 1 saturated heterocycles. The molecule has 2 unspecified atom stereocenters. The Morgan fingerprint density at radius 3 is 2.63 bits per heavy atom. The van der Waals surface area contributed by atoms with Gasteiger partial charge < -0.3 is 10.1 Å². The fraction of sp³-hybridized carbons (Fsp3) is 1.00. The minimum Gasteiger partial charge on any atom is -0.378 e. The molecule has 3 nitrogen and oxygen atoms in total. The van der Waals surface area contributed by atoms with Gasteiger partial charge in [0.15, 0.2) is 0 Å². The van der Waals surface area contributed by atoms with Crippen LogP contribution in [0.25, 0.3) is 0 Å². The molecule has 2 saturated carbocycles. The van der Waals surface area contributed by atoms with Gasteiger partial charge in [0.2, 0.25) is 0 Å². The average molecular weight is 266 g/mol. The van der Waals surface area contributed by atoms with Crippen LogP contribution in [-0.4, -0.2) is 48.8 Å². The van der Waals surface area contributed by atoms with Crippen LogP contribution < -0.4 is 5.32 Å². The summed E-state index contributed by atoms with van der Waals surface area (Å²) in [6, 6.07) is 0.726. The maximum absolute atomic E-state index is 5.89. The monoisotopic (exact) mass is 266 g/mol. The first-order chi connectivity index (χ1) is 9.07. The van der Waals surface area contributed by atoms with Gasteiger partial charge in [0, 0.05) is 43.2 Å². The molecule has 1 spiro atoms. The fourth-order valence-electron chi connectivity index (χ4n) is 4.61. The van der Waals surface area contributed by atoms with Crippen molar-refractivity contribution in [3.63, 3.8) is 0 Å². The zero-order chi connectivity index (χ0) is 13.5. The van der Waals surface area contributed by atoms with Crippen molar-refractivity contribution >= 4 is 0 Å². The van der Waals surface area contributed by atoms with Crippen molar-refractivity contribution in [3.8, 4) is 0 Å². The Morgan fingerprint density at radius 1 is 1.26 bits per heavy atom. The van der Waals surface area contributed by atoms with E-state index < -0.39 is 0 Å². The standard InChI is InChI=1S/C16H30N2O/c1-4-19-14-11-13(15(14,2)3)18-10-9-17-16(12-18)7-5-6-8-16/h13-14,17H,4-12H2,1-3H3. The highest BCUT2D eigenvalue weighted by Gasteiger charge is 2.53. The van der Waals surface area contributed by atoms with E-state index in [4.69, 9.17) is 4.74 Å². The van der Waals surface area contributed by atoms with Crippen LogP contribution in [0.4, 0.5) is 0 Å². The van der Waals surface area contributed by atoms with Gasteiger partial charge in [-0.2, -0.15) is 0 Å². The molecule has 0 amide bonds. The van der Waals surface area contributed by atoms with Crippen LogP contribution in [0.5, 0.6) is 0 Å². The van der Waals surface area contributed by atoms with Crippen molar-refractivity contribution in [1.82, 2.24) is 10.2 Å². The summed E-state index contributed by atoms with van der Waals surface area (Å²) in [5.41, 5.74) is 0.776. The van der Waals surface area contributed by atoms with Gasteiger partial charge in [-0.1, -0.05) is 26.7 Å². The molecule has 0 aromatic rings. The second kappa shape index (κ2) is 5.01. The van der Waals surface area contributed by atoms with Gasteiger partial charge in [-0.05, 0) is 26.2 Å². The van der Waals surface area contributed by atoms with Crippen LogP contribution in [0, 0.1) is 5.41 Å². The van der Waals surface area contributed by atoms with E-state index in [-0.39, 0.29) is 0 Å². The van der Waals surface area contributed by atoms with Crippen LogP contribution in [0.3, 0.4) is 0 Å². The third-order valence-electron chi connectivity index (χ3n) is 5.90.